The molecule has 0 spiro atoms. The number of rotatable bonds is 4. The monoisotopic (exact) mass is 383 g/mol. The van der Waals surface area contributed by atoms with Gasteiger partial charge in [0.15, 0.2) is 5.82 Å². The first-order valence-electron chi connectivity index (χ1n) is 9.53. The summed E-state index contributed by atoms with van der Waals surface area (Å²) in [6.07, 6.45) is 4.18. The smallest absolute Gasteiger partial charge is 0.355 e. The van der Waals surface area contributed by atoms with Crippen molar-refractivity contribution in [2.45, 2.75) is 33.1 Å². The number of carbonyl (C=O) groups is 1. The molecule has 8 heteroatoms. The molecule has 146 valence electrons. The summed E-state index contributed by atoms with van der Waals surface area (Å²) in [5.41, 5.74) is 2.38. The Morgan fingerprint density at radius 2 is 1.96 bits per heavy atom. The quantitative estimate of drug-likeness (QED) is 0.643. The lowest BCUT2D eigenvalue weighted by Gasteiger charge is -2.26. The average Bonchev–Trinajstić information content (AvgIpc) is 3.00. The highest BCUT2D eigenvalue weighted by atomic mass is 19.1. The van der Waals surface area contributed by atoms with Crippen LogP contribution in [0.25, 0.3) is 16.9 Å². The minimum Gasteiger partial charge on any atom is -0.461 e. The number of aromatic nitrogens is 4. The van der Waals surface area contributed by atoms with E-state index >= 15 is 0 Å². The Bertz CT molecular complexity index is 1030. The van der Waals surface area contributed by atoms with E-state index in [-0.39, 0.29) is 12.4 Å². The molecule has 1 fully saturated rings. The van der Waals surface area contributed by atoms with Gasteiger partial charge in [-0.2, -0.15) is 19.3 Å². The summed E-state index contributed by atoms with van der Waals surface area (Å²) in [5.74, 6) is 0.137. The van der Waals surface area contributed by atoms with Gasteiger partial charge in [0.2, 0.25) is 5.95 Å². The first-order valence-corrected chi connectivity index (χ1v) is 9.53. The Kier molecular flexibility index (Phi) is 4.93. The third-order valence-corrected chi connectivity index (χ3v) is 5.01. The average molecular weight is 383 g/mol. The van der Waals surface area contributed by atoms with Crippen molar-refractivity contribution in [1.29, 1.82) is 0 Å². The molecule has 4 heterocycles. The third-order valence-electron chi connectivity index (χ3n) is 5.01. The number of halogens is 1. The topological polar surface area (TPSA) is 72.6 Å². The number of pyridine rings is 1. The van der Waals surface area contributed by atoms with E-state index < -0.39 is 12.0 Å². The zero-order valence-electron chi connectivity index (χ0n) is 16.0. The Balaban J connectivity index is 1.89. The molecule has 1 aliphatic rings. The first-order chi connectivity index (χ1) is 13.6. The highest BCUT2D eigenvalue weighted by Crippen LogP contribution is 2.32. The molecule has 0 radical (unpaired) electrons. The largest absolute Gasteiger partial charge is 0.461 e. The number of carbonyl (C=O) groups excluding carboxylic acids is 1. The van der Waals surface area contributed by atoms with Crippen LogP contribution in [0.2, 0.25) is 0 Å². The van der Waals surface area contributed by atoms with Crippen LogP contribution in [0.4, 0.5) is 10.3 Å². The van der Waals surface area contributed by atoms with Gasteiger partial charge in [0, 0.05) is 24.8 Å². The summed E-state index contributed by atoms with van der Waals surface area (Å²) in [6.45, 7) is 5.43. The number of hydrogen-bond donors (Lipinski definition) is 0. The SMILES string of the molecule is CCOC(=O)c1c(C)c(-c2nc(F)nc(N3CCCCC3)n2)c2ccccn12. The van der Waals surface area contributed by atoms with Crippen LogP contribution in [0.5, 0.6) is 0 Å². The maximum atomic E-state index is 14.3. The molecule has 0 amide bonds. The van der Waals surface area contributed by atoms with E-state index in [0.29, 0.717) is 22.8 Å². The van der Waals surface area contributed by atoms with Crippen LogP contribution in [0.3, 0.4) is 0 Å². The van der Waals surface area contributed by atoms with Crippen LogP contribution in [0.1, 0.15) is 42.2 Å². The molecule has 3 aromatic rings. The van der Waals surface area contributed by atoms with Gasteiger partial charge in [-0.3, -0.25) is 0 Å². The van der Waals surface area contributed by atoms with E-state index in [1.165, 1.54) is 0 Å². The highest BCUT2D eigenvalue weighted by molar-refractivity contribution is 5.97. The fourth-order valence-electron chi connectivity index (χ4n) is 3.75. The van der Waals surface area contributed by atoms with Gasteiger partial charge < -0.3 is 14.0 Å². The number of hydrogen-bond acceptors (Lipinski definition) is 6. The van der Waals surface area contributed by atoms with Crippen LogP contribution in [-0.2, 0) is 4.74 Å². The predicted molar refractivity (Wildman–Crippen MR) is 103 cm³/mol. The molecule has 28 heavy (non-hydrogen) atoms. The van der Waals surface area contributed by atoms with Crippen LogP contribution >= 0.6 is 0 Å². The Labute approximate surface area is 162 Å². The highest BCUT2D eigenvalue weighted by Gasteiger charge is 2.25. The Hall–Kier alpha value is -3.03. The molecule has 0 bridgehead atoms. The second kappa shape index (κ2) is 7.53. The van der Waals surface area contributed by atoms with Gasteiger partial charge >= 0.3 is 12.0 Å². The van der Waals surface area contributed by atoms with E-state index in [0.717, 1.165) is 37.9 Å². The normalized spacial score (nSPS) is 14.5. The van der Waals surface area contributed by atoms with Gasteiger partial charge in [-0.05, 0) is 50.8 Å². The molecule has 0 saturated carbocycles. The molecule has 0 aromatic carbocycles. The van der Waals surface area contributed by atoms with Crippen molar-refractivity contribution in [2.24, 2.45) is 0 Å². The molecule has 3 aromatic heterocycles. The number of fused-ring (bicyclic) bond motifs is 1. The Morgan fingerprint density at radius 3 is 2.71 bits per heavy atom. The molecular weight excluding hydrogens is 361 g/mol. The lowest BCUT2D eigenvalue weighted by Crippen LogP contribution is -2.31. The maximum Gasteiger partial charge on any atom is 0.355 e. The van der Waals surface area contributed by atoms with Crippen molar-refractivity contribution in [3.8, 4) is 11.4 Å². The predicted octanol–water partition coefficient (Wildman–Crippen LogP) is 3.41. The van der Waals surface area contributed by atoms with Gasteiger partial charge in [0.25, 0.3) is 0 Å². The fraction of sp³-hybridized carbons (Fsp3) is 0.400. The number of ether oxygens (including phenoxy) is 1. The number of nitrogens with zero attached hydrogens (tertiary/aromatic N) is 5. The van der Waals surface area contributed by atoms with Crippen LogP contribution < -0.4 is 4.90 Å². The standard InChI is InChI=1S/C20H22FN5O2/c1-3-28-18(27)16-13(2)15(14-9-5-8-12-26(14)16)17-22-19(21)24-20(23-17)25-10-6-4-7-11-25/h5,8-9,12H,3-4,6-7,10-11H2,1-2H3. The number of esters is 1. The number of anilines is 1. The second-order valence-electron chi connectivity index (χ2n) is 6.80. The van der Waals surface area contributed by atoms with E-state index in [9.17, 15) is 9.18 Å². The molecule has 0 N–H and O–H groups in total. The van der Waals surface area contributed by atoms with Crippen molar-refractivity contribution in [3.05, 3.63) is 41.7 Å². The van der Waals surface area contributed by atoms with Crippen LogP contribution in [0, 0.1) is 13.0 Å². The van der Waals surface area contributed by atoms with E-state index in [1.807, 2.05) is 23.1 Å². The maximum absolute atomic E-state index is 14.3. The number of piperidine rings is 1. The molecule has 1 saturated heterocycles. The van der Waals surface area contributed by atoms with Gasteiger partial charge in [-0.15, -0.1) is 0 Å². The summed E-state index contributed by atoms with van der Waals surface area (Å²) in [5, 5.41) is 0. The van der Waals surface area contributed by atoms with Gasteiger partial charge in [-0.25, -0.2) is 4.79 Å². The molecule has 0 unspecified atom stereocenters. The summed E-state index contributed by atoms with van der Waals surface area (Å²) in [7, 11) is 0. The minimum atomic E-state index is -0.821. The summed E-state index contributed by atoms with van der Waals surface area (Å²) in [4.78, 5) is 26.9. The molecular formula is C20H22FN5O2. The summed E-state index contributed by atoms with van der Waals surface area (Å²) in [6, 6.07) is 5.54. The first kappa shape index (κ1) is 18.3. The Morgan fingerprint density at radius 1 is 1.18 bits per heavy atom. The van der Waals surface area contributed by atoms with Gasteiger partial charge in [0.1, 0.15) is 5.69 Å². The fourth-order valence-corrected chi connectivity index (χ4v) is 3.75. The summed E-state index contributed by atoms with van der Waals surface area (Å²) < 4.78 is 21.3. The lowest BCUT2D eigenvalue weighted by molar-refractivity contribution is 0.0517. The molecule has 1 aliphatic heterocycles. The molecule has 0 atom stereocenters. The van der Waals surface area contributed by atoms with Crippen molar-refractivity contribution >= 4 is 17.4 Å². The minimum absolute atomic E-state index is 0.227. The van der Waals surface area contributed by atoms with Crippen molar-refractivity contribution < 1.29 is 13.9 Å². The van der Waals surface area contributed by atoms with E-state index in [2.05, 4.69) is 15.0 Å². The van der Waals surface area contributed by atoms with Crippen molar-refractivity contribution in [3.63, 3.8) is 0 Å². The third kappa shape index (κ3) is 3.19. The van der Waals surface area contributed by atoms with Gasteiger partial charge in [0.05, 0.1) is 12.1 Å². The van der Waals surface area contributed by atoms with Crippen LogP contribution in [-0.4, -0.2) is 45.0 Å². The lowest BCUT2D eigenvalue weighted by atomic mass is 10.1. The van der Waals surface area contributed by atoms with Crippen LogP contribution in [0.15, 0.2) is 24.4 Å². The van der Waals surface area contributed by atoms with Crippen molar-refractivity contribution in [1.82, 2.24) is 19.4 Å². The molecule has 7 nitrogen and oxygen atoms in total. The zero-order chi connectivity index (χ0) is 19.7. The van der Waals surface area contributed by atoms with E-state index in [4.69, 9.17) is 4.74 Å². The summed E-state index contributed by atoms with van der Waals surface area (Å²) >= 11 is 0. The second-order valence-corrected chi connectivity index (χ2v) is 6.80. The zero-order valence-corrected chi connectivity index (χ0v) is 16.0. The van der Waals surface area contributed by atoms with Crippen molar-refractivity contribution in [2.75, 3.05) is 24.6 Å². The molecule has 4 rings (SSSR count). The van der Waals surface area contributed by atoms with E-state index in [1.54, 1.807) is 24.4 Å². The van der Waals surface area contributed by atoms with Gasteiger partial charge in [-0.1, -0.05) is 6.07 Å². The molecule has 0 aliphatic carbocycles.